The molecule has 1 aliphatic rings. The molecule has 1 aliphatic heterocycles. The molecule has 2 atom stereocenters. The van der Waals surface area contributed by atoms with Gasteiger partial charge in [-0.05, 0) is 26.3 Å². The highest BCUT2D eigenvalue weighted by Gasteiger charge is 2.45. The number of amides is 3. The molecule has 3 amide bonds. The minimum atomic E-state index is -0.656. The van der Waals surface area contributed by atoms with Crippen LogP contribution in [0.3, 0.4) is 0 Å². The van der Waals surface area contributed by atoms with Gasteiger partial charge in [-0.2, -0.15) is 0 Å². The zero-order valence-corrected chi connectivity index (χ0v) is 13.7. The van der Waals surface area contributed by atoms with Crippen LogP contribution < -0.4 is 5.32 Å². The fourth-order valence-corrected chi connectivity index (χ4v) is 2.64. The Morgan fingerprint density at radius 3 is 2.43 bits per heavy atom. The van der Waals surface area contributed by atoms with E-state index in [1.807, 2.05) is 20.8 Å². The summed E-state index contributed by atoms with van der Waals surface area (Å²) in [5, 5.41) is 2.94. The molecule has 0 saturated carbocycles. The van der Waals surface area contributed by atoms with Crippen LogP contribution in [0.2, 0.25) is 0 Å². The van der Waals surface area contributed by atoms with Crippen LogP contribution in [0.4, 0.5) is 4.79 Å². The number of ketones is 1. The van der Waals surface area contributed by atoms with Gasteiger partial charge < -0.3 is 10.2 Å². The van der Waals surface area contributed by atoms with Gasteiger partial charge in [0.25, 0.3) is 0 Å². The molecule has 0 aromatic rings. The van der Waals surface area contributed by atoms with Crippen molar-refractivity contribution in [2.75, 3.05) is 20.1 Å². The molecule has 0 unspecified atom stereocenters. The monoisotopic (exact) mass is 297 g/mol. The number of hydrogen-bond donors (Lipinski definition) is 1. The van der Waals surface area contributed by atoms with Crippen molar-refractivity contribution in [1.82, 2.24) is 15.1 Å². The van der Waals surface area contributed by atoms with Gasteiger partial charge in [0.05, 0.1) is 12.6 Å². The average molecular weight is 297 g/mol. The molecule has 1 saturated heterocycles. The van der Waals surface area contributed by atoms with E-state index >= 15 is 0 Å². The quantitative estimate of drug-likeness (QED) is 0.768. The topological polar surface area (TPSA) is 69.7 Å². The van der Waals surface area contributed by atoms with Crippen LogP contribution in [0.5, 0.6) is 0 Å². The van der Waals surface area contributed by atoms with E-state index in [1.165, 1.54) is 6.92 Å². The first-order chi connectivity index (χ1) is 9.84. The van der Waals surface area contributed by atoms with Gasteiger partial charge in [-0.3, -0.25) is 14.5 Å². The maximum absolute atomic E-state index is 12.6. The Hall–Kier alpha value is -1.43. The molecule has 0 aliphatic carbocycles. The second-order valence-corrected chi connectivity index (χ2v) is 5.93. The third kappa shape index (κ3) is 3.81. The van der Waals surface area contributed by atoms with Crippen LogP contribution in [0, 0.1) is 5.92 Å². The van der Waals surface area contributed by atoms with Crippen molar-refractivity contribution < 1.29 is 14.4 Å². The maximum Gasteiger partial charge on any atom is 0.327 e. The second kappa shape index (κ2) is 7.54. The maximum atomic E-state index is 12.6. The summed E-state index contributed by atoms with van der Waals surface area (Å²) in [5.41, 5.74) is 0. The first-order valence-corrected chi connectivity index (χ1v) is 7.64. The Labute approximate surface area is 126 Å². The molecule has 120 valence electrons. The van der Waals surface area contributed by atoms with E-state index in [0.29, 0.717) is 13.1 Å². The number of nitrogens with zero attached hydrogens (tertiary/aromatic N) is 2. The summed E-state index contributed by atoms with van der Waals surface area (Å²) in [6.07, 6.45) is 1.84. The number of hydrogen-bond acceptors (Lipinski definition) is 4. The summed E-state index contributed by atoms with van der Waals surface area (Å²) in [6, 6.07) is -1.45. The highest BCUT2D eigenvalue weighted by molar-refractivity contribution is 6.04. The van der Waals surface area contributed by atoms with Crippen LogP contribution in [0.15, 0.2) is 0 Å². The number of rotatable bonds is 7. The van der Waals surface area contributed by atoms with E-state index in [0.717, 1.165) is 17.7 Å². The first kappa shape index (κ1) is 17.6. The van der Waals surface area contributed by atoms with Crippen molar-refractivity contribution in [3.8, 4) is 0 Å². The molecular weight excluding hydrogens is 270 g/mol. The molecule has 0 aromatic carbocycles. The highest BCUT2D eigenvalue weighted by atomic mass is 16.2. The first-order valence-electron chi connectivity index (χ1n) is 7.64. The number of unbranched alkanes of at least 4 members (excludes halogenated alkanes) is 1. The number of carbonyl (C=O) groups excluding carboxylic acids is 3. The number of likely N-dealkylation sites (N-methyl/N-ethyl adjacent to an activating group) is 1. The lowest BCUT2D eigenvalue weighted by Gasteiger charge is -2.27. The number of imide groups is 1. The van der Waals surface area contributed by atoms with Gasteiger partial charge in [-0.25, -0.2) is 4.79 Å². The highest BCUT2D eigenvalue weighted by Crippen LogP contribution is 2.20. The second-order valence-electron chi connectivity index (χ2n) is 5.93. The third-order valence-electron chi connectivity index (χ3n) is 3.91. The normalized spacial score (nSPS) is 20.3. The SMILES string of the molecule is CCCCN1C[C@@H](C(C)=O)N(C(=O)[C@@H](NC)C(C)C)C1=O. The van der Waals surface area contributed by atoms with Crippen molar-refractivity contribution in [2.24, 2.45) is 5.92 Å². The van der Waals surface area contributed by atoms with Crippen molar-refractivity contribution in [2.45, 2.75) is 52.6 Å². The van der Waals surface area contributed by atoms with Gasteiger partial charge in [0, 0.05) is 6.54 Å². The third-order valence-corrected chi connectivity index (χ3v) is 3.91. The zero-order chi connectivity index (χ0) is 16.2. The summed E-state index contributed by atoms with van der Waals surface area (Å²) in [6.45, 7) is 8.21. The van der Waals surface area contributed by atoms with Gasteiger partial charge in [-0.15, -0.1) is 0 Å². The van der Waals surface area contributed by atoms with Crippen molar-refractivity contribution in [3.63, 3.8) is 0 Å². The van der Waals surface area contributed by atoms with E-state index in [9.17, 15) is 14.4 Å². The molecule has 21 heavy (non-hydrogen) atoms. The molecule has 6 heteroatoms. The summed E-state index contributed by atoms with van der Waals surface area (Å²) in [5.74, 6) is -0.404. The lowest BCUT2D eigenvalue weighted by atomic mass is 10.0. The van der Waals surface area contributed by atoms with Crippen molar-refractivity contribution in [1.29, 1.82) is 0 Å². The van der Waals surface area contributed by atoms with Gasteiger partial charge in [0.1, 0.15) is 6.04 Å². The number of carbonyl (C=O) groups is 3. The fraction of sp³-hybridized carbons (Fsp3) is 0.800. The van der Waals surface area contributed by atoms with Crippen molar-refractivity contribution >= 4 is 17.7 Å². The Morgan fingerprint density at radius 1 is 1.38 bits per heavy atom. The molecule has 1 N–H and O–H groups in total. The summed E-state index contributed by atoms with van der Waals surface area (Å²) >= 11 is 0. The van der Waals surface area contributed by atoms with Gasteiger partial charge in [0.15, 0.2) is 5.78 Å². The van der Waals surface area contributed by atoms with E-state index in [4.69, 9.17) is 0 Å². The number of urea groups is 1. The fourth-order valence-electron chi connectivity index (χ4n) is 2.64. The minimum absolute atomic E-state index is 0.0487. The molecule has 1 heterocycles. The zero-order valence-electron chi connectivity index (χ0n) is 13.7. The molecule has 0 bridgehead atoms. The molecule has 1 fully saturated rings. The largest absolute Gasteiger partial charge is 0.327 e. The Kier molecular flexibility index (Phi) is 6.33. The summed E-state index contributed by atoms with van der Waals surface area (Å²) < 4.78 is 0. The van der Waals surface area contributed by atoms with Crippen LogP contribution >= 0.6 is 0 Å². The Bertz CT molecular complexity index is 409. The van der Waals surface area contributed by atoms with Gasteiger partial charge in [0.2, 0.25) is 5.91 Å². The summed E-state index contributed by atoms with van der Waals surface area (Å²) in [7, 11) is 1.70. The predicted molar refractivity (Wildman–Crippen MR) is 80.9 cm³/mol. The standard InChI is InChI=1S/C15H27N3O3/c1-6-7-8-17-9-12(11(4)19)18(15(17)21)14(20)13(16-5)10(2)3/h10,12-13,16H,6-9H2,1-5H3/t12-,13-/m0/s1. The number of Topliss-reactive ketones (excluding diaryl/α,β-unsaturated/α-hetero) is 1. The lowest BCUT2D eigenvalue weighted by molar-refractivity contribution is -0.136. The molecule has 6 nitrogen and oxygen atoms in total. The van der Waals surface area contributed by atoms with E-state index in [2.05, 4.69) is 5.32 Å². The summed E-state index contributed by atoms with van der Waals surface area (Å²) in [4.78, 5) is 39.7. The number of nitrogens with one attached hydrogen (secondary N) is 1. The van der Waals surface area contributed by atoms with E-state index in [1.54, 1.807) is 11.9 Å². The predicted octanol–water partition coefficient (Wildman–Crippen LogP) is 1.25. The molecular formula is C15H27N3O3. The van der Waals surface area contributed by atoms with Crippen LogP contribution in [0.25, 0.3) is 0 Å². The lowest BCUT2D eigenvalue weighted by Crippen LogP contribution is -2.53. The Balaban J connectivity index is 2.97. The van der Waals surface area contributed by atoms with Crippen LogP contribution in [-0.4, -0.2) is 59.7 Å². The van der Waals surface area contributed by atoms with E-state index < -0.39 is 12.1 Å². The average Bonchev–Trinajstić information content (AvgIpc) is 2.74. The van der Waals surface area contributed by atoms with Gasteiger partial charge >= 0.3 is 6.03 Å². The van der Waals surface area contributed by atoms with E-state index in [-0.39, 0.29) is 23.6 Å². The van der Waals surface area contributed by atoms with Crippen LogP contribution in [0.1, 0.15) is 40.5 Å². The van der Waals surface area contributed by atoms with Crippen molar-refractivity contribution in [3.05, 3.63) is 0 Å². The Morgan fingerprint density at radius 2 is 2.00 bits per heavy atom. The molecule has 0 radical (unpaired) electrons. The minimum Gasteiger partial charge on any atom is -0.322 e. The molecule has 0 aromatic heterocycles. The van der Waals surface area contributed by atoms with Gasteiger partial charge in [-0.1, -0.05) is 27.2 Å². The van der Waals surface area contributed by atoms with Crippen LogP contribution in [-0.2, 0) is 9.59 Å². The smallest absolute Gasteiger partial charge is 0.322 e. The molecule has 1 rings (SSSR count). The molecule has 0 spiro atoms.